The monoisotopic (exact) mass is 785 g/mol. The van der Waals surface area contributed by atoms with Crippen LogP contribution in [0.1, 0.15) is 5.56 Å². The molecule has 2 aliphatic heterocycles. The second-order valence-corrected chi connectivity index (χ2v) is 10.7. The van der Waals surface area contributed by atoms with Crippen LogP contribution in [0, 0.1) is 39.9 Å². The number of carbonyl (C=O) groups is 4. The van der Waals surface area contributed by atoms with Gasteiger partial charge >= 0.3 is 17.9 Å². The zero-order valence-electron chi connectivity index (χ0n) is 24.4. The maximum atomic E-state index is 11.5. The van der Waals surface area contributed by atoms with Crippen molar-refractivity contribution in [1.29, 1.82) is 0 Å². The van der Waals surface area contributed by atoms with Gasteiger partial charge in [-0.2, -0.15) is 0 Å². The fourth-order valence-corrected chi connectivity index (χ4v) is 5.04. The van der Waals surface area contributed by atoms with Crippen LogP contribution in [0.15, 0.2) is 24.3 Å². The van der Waals surface area contributed by atoms with Crippen LogP contribution in [0.25, 0.3) is 0 Å². The number of carboxylic acid groups (broad SMARTS) is 4. The van der Waals surface area contributed by atoms with Crippen LogP contribution in [-0.4, -0.2) is 177 Å². The predicted molar refractivity (Wildman–Crippen MR) is 146 cm³/mol. The maximum absolute atomic E-state index is 11.5. The average molecular weight is 785 g/mol. The first-order valence-corrected chi connectivity index (χ1v) is 14.0. The third-order valence-corrected chi connectivity index (χ3v) is 7.42. The number of aliphatic carboxylic acids is 4. The van der Waals surface area contributed by atoms with Gasteiger partial charge in [-0.3, -0.25) is 29.2 Å². The Morgan fingerprint density at radius 3 is 1.67 bits per heavy atom. The summed E-state index contributed by atoms with van der Waals surface area (Å²) in [5.74, 6) is -4.77. The third kappa shape index (κ3) is 12.6. The smallest absolute Gasteiger partial charge is 0.335 e. The van der Waals surface area contributed by atoms with E-state index >= 15 is 0 Å². The first-order valence-electron chi connectivity index (χ1n) is 14.0. The fraction of sp³-hybridized carbons (Fsp3) is 0.630. The van der Waals surface area contributed by atoms with Gasteiger partial charge in [-0.25, -0.2) is 4.79 Å². The summed E-state index contributed by atoms with van der Waals surface area (Å²) in [6.45, 7) is 1.41. The maximum Gasteiger partial charge on any atom is 0.335 e. The Morgan fingerprint density at radius 2 is 1.20 bits per heavy atom. The van der Waals surface area contributed by atoms with Gasteiger partial charge in [-0.1, -0.05) is 18.2 Å². The third-order valence-electron chi connectivity index (χ3n) is 7.42. The summed E-state index contributed by atoms with van der Waals surface area (Å²) in [4.78, 5) is 52.7. The first kappa shape index (κ1) is 39.1. The molecule has 254 valence electrons. The molecule has 2 aliphatic rings. The van der Waals surface area contributed by atoms with E-state index in [9.17, 15) is 54.9 Å². The molecule has 1 aromatic carbocycles. The minimum atomic E-state index is -1.88. The van der Waals surface area contributed by atoms with E-state index in [2.05, 4.69) is 0 Å². The van der Waals surface area contributed by atoms with Crippen LogP contribution < -0.4 is 9.84 Å². The minimum Gasteiger partial charge on any atom is -0.549 e. The van der Waals surface area contributed by atoms with Gasteiger partial charge in [0.15, 0.2) is 6.10 Å². The molecule has 0 saturated carbocycles. The van der Waals surface area contributed by atoms with Gasteiger partial charge < -0.3 is 50.0 Å². The number of ether oxygens (including phenoxy) is 2. The normalized spacial score (nSPS) is 26.5. The van der Waals surface area contributed by atoms with Gasteiger partial charge in [0, 0.05) is 111 Å². The molecule has 0 aliphatic carbocycles. The van der Waals surface area contributed by atoms with E-state index in [1.807, 2.05) is 4.90 Å². The van der Waals surface area contributed by atoms with E-state index in [-0.39, 0.29) is 111 Å². The van der Waals surface area contributed by atoms with E-state index in [4.69, 9.17) is 9.47 Å². The van der Waals surface area contributed by atoms with Crippen molar-refractivity contribution in [2.45, 2.75) is 37.3 Å². The average Bonchev–Trinajstić information content (AvgIpc) is 2.94. The molecule has 0 spiro atoms. The van der Waals surface area contributed by atoms with Gasteiger partial charge in [0.05, 0.1) is 19.1 Å². The Kier molecular flexibility index (Phi) is 16.4. The summed E-state index contributed by atoms with van der Waals surface area (Å²) in [6.07, 6.45) is -8.96. The van der Waals surface area contributed by atoms with E-state index in [1.165, 1.54) is 0 Å². The number of aliphatic hydroxyl groups excluding tert-OH is 3. The van der Waals surface area contributed by atoms with Crippen molar-refractivity contribution < 1.29 is 104 Å². The number of aliphatic hydroxyl groups is 3. The van der Waals surface area contributed by atoms with Crippen LogP contribution in [0.5, 0.6) is 5.75 Å². The molecule has 18 heteroatoms. The van der Waals surface area contributed by atoms with Crippen molar-refractivity contribution in [2.24, 2.45) is 0 Å². The van der Waals surface area contributed by atoms with Crippen LogP contribution in [-0.2, 0) is 30.5 Å². The quantitative estimate of drug-likeness (QED) is 0.124. The number of rotatable bonds is 11. The molecular formula is C27H39GdN4O13-. The second kappa shape index (κ2) is 18.9. The molecule has 0 aromatic heterocycles. The zero-order chi connectivity index (χ0) is 32.4. The number of carboxylic acids is 4. The van der Waals surface area contributed by atoms with E-state index in [0.29, 0.717) is 18.7 Å². The number of hydrogen-bond donors (Lipinski definition) is 6. The molecule has 0 bridgehead atoms. The van der Waals surface area contributed by atoms with Gasteiger partial charge in [0.1, 0.15) is 24.1 Å². The predicted octanol–water partition coefficient (Wildman–Crippen LogP) is -4.40. The van der Waals surface area contributed by atoms with Gasteiger partial charge in [-0.05, 0) is 6.07 Å². The molecular weight excluding hydrogens is 746 g/mol. The summed E-state index contributed by atoms with van der Waals surface area (Å²) in [5.41, 5.74) is 0.562. The van der Waals surface area contributed by atoms with Crippen LogP contribution in [0.4, 0.5) is 0 Å². The molecule has 6 N–H and O–H groups in total. The Labute approximate surface area is 291 Å². The van der Waals surface area contributed by atoms with Crippen molar-refractivity contribution in [3.05, 3.63) is 29.8 Å². The van der Waals surface area contributed by atoms with Gasteiger partial charge in [-0.15, -0.1) is 0 Å². The Morgan fingerprint density at radius 1 is 0.733 bits per heavy atom. The molecule has 2 unspecified atom stereocenters. The Hall–Kier alpha value is -2.10. The molecule has 3 rings (SSSR count). The molecule has 2 heterocycles. The number of nitrogens with zero attached hydrogens (tertiary/aromatic N) is 4. The van der Waals surface area contributed by atoms with Crippen LogP contribution in [0.3, 0.4) is 0 Å². The number of para-hydroxylation sites is 1. The fourth-order valence-electron chi connectivity index (χ4n) is 5.04. The van der Waals surface area contributed by atoms with E-state index < -0.39 is 54.6 Å². The molecule has 17 nitrogen and oxygen atoms in total. The molecule has 45 heavy (non-hydrogen) atoms. The van der Waals surface area contributed by atoms with Gasteiger partial charge in [0.2, 0.25) is 6.29 Å². The van der Waals surface area contributed by atoms with Crippen molar-refractivity contribution in [3.63, 3.8) is 0 Å². The van der Waals surface area contributed by atoms with Crippen molar-refractivity contribution in [3.8, 4) is 5.75 Å². The number of hydrogen-bond acceptors (Lipinski definition) is 14. The summed E-state index contributed by atoms with van der Waals surface area (Å²) >= 11 is 0. The molecule has 1 aromatic rings. The topological polar surface area (TPSA) is 244 Å². The molecule has 5 atom stereocenters. The summed E-state index contributed by atoms with van der Waals surface area (Å²) in [6, 6.07) is 6.60. The van der Waals surface area contributed by atoms with Crippen LogP contribution >= 0.6 is 0 Å². The Bertz CT molecular complexity index is 1120. The summed E-state index contributed by atoms with van der Waals surface area (Å²) in [7, 11) is 0. The molecule has 0 amide bonds. The first-order chi connectivity index (χ1) is 20.8. The number of carbonyl (C=O) groups excluding carboxylic acids is 1. The SMILES string of the molecule is O=C([O-])CN1CCN(CC(=O)O)CCN(CC(=O)O)CCN(Cc2ccccc2O[C@@H]2OC(C(=O)O)[C@@H](O)[C@H](O)C2O)CC1.[Gd]. The van der Waals surface area contributed by atoms with E-state index in [1.54, 1.807) is 39.0 Å². The number of benzene rings is 1. The van der Waals surface area contributed by atoms with Crippen molar-refractivity contribution >= 4 is 23.9 Å². The summed E-state index contributed by atoms with van der Waals surface area (Å²) < 4.78 is 11.0. The molecule has 2 saturated heterocycles. The molecule has 2 fully saturated rings. The second-order valence-electron chi connectivity index (χ2n) is 10.7. The minimum absolute atomic E-state index is 0. The van der Waals surface area contributed by atoms with Crippen LogP contribution in [0.2, 0.25) is 0 Å². The standard InChI is InChI=1S/C27H40N4O13.Gd/c32-19(33)14-29-7-5-28(6-8-30(15-20(34)35)10-12-31(11-9-29)16-21(36)37)13-17-3-1-2-4-18(17)43-27-24(40)22(38)23(39)25(44-27)26(41)42;/h1-4,22-25,27,38-40H,5-16H2,(H,32,33)(H,34,35)(H,36,37)(H,41,42);/p-1/t22-,23-,24?,25?,27+;/m0./s1. The Balaban J connectivity index is 0.00000705. The summed E-state index contributed by atoms with van der Waals surface area (Å²) in [5, 5.41) is 70.1. The largest absolute Gasteiger partial charge is 0.549 e. The van der Waals surface area contributed by atoms with Crippen molar-refractivity contribution in [1.82, 2.24) is 19.6 Å². The molecule has 0 radical (unpaired) electrons. The zero-order valence-corrected chi connectivity index (χ0v) is 26.6. The van der Waals surface area contributed by atoms with Crippen molar-refractivity contribution in [2.75, 3.05) is 72.0 Å². The van der Waals surface area contributed by atoms with Gasteiger partial charge in [0.25, 0.3) is 0 Å². The van der Waals surface area contributed by atoms with E-state index in [0.717, 1.165) is 0 Å².